The van der Waals surface area contributed by atoms with Gasteiger partial charge in [0, 0.05) is 0 Å². The van der Waals surface area contributed by atoms with Gasteiger partial charge in [0.15, 0.2) is 6.29 Å². The van der Waals surface area contributed by atoms with E-state index in [4.69, 9.17) is 9.47 Å². The Labute approximate surface area is 69.2 Å². The van der Waals surface area contributed by atoms with Crippen LogP contribution in [0.15, 0.2) is 11.8 Å². The summed E-state index contributed by atoms with van der Waals surface area (Å²) in [4.78, 5) is 0. The molecule has 1 heterocycles. The lowest BCUT2D eigenvalue weighted by atomic mass is 10.6. The highest BCUT2D eigenvalue weighted by Crippen LogP contribution is 2.21. The first kappa shape index (κ1) is 8.97. The van der Waals surface area contributed by atoms with Crippen molar-refractivity contribution in [2.24, 2.45) is 0 Å². The fourth-order valence-electron chi connectivity index (χ4n) is 0.913. The molecule has 1 aliphatic rings. The van der Waals surface area contributed by atoms with Crippen molar-refractivity contribution < 1.29 is 9.47 Å². The third kappa shape index (κ3) is 2.15. The van der Waals surface area contributed by atoms with Crippen LogP contribution in [-0.2, 0) is 9.47 Å². The van der Waals surface area contributed by atoms with E-state index in [1.807, 2.05) is 0 Å². The van der Waals surface area contributed by atoms with Crippen molar-refractivity contribution in [3.63, 3.8) is 0 Å². The molecule has 0 bridgehead atoms. The van der Waals surface area contributed by atoms with E-state index in [0.717, 1.165) is 5.20 Å². The Morgan fingerprint density at radius 3 is 2.09 bits per heavy atom. The molecule has 0 aromatic carbocycles. The van der Waals surface area contributed by atoms with Crippen LogP contribution in [0.1, 0.15) is 0 Å². The highest BCUT2D eigenvalue weighted by atomic mass is 28.3. The molecule has 2 nitrogen and oxygen atoms in total. The Balaban J connectivity index is 2.53. The van der Waals surface area contributed by atoms with Crippen molar-refractivity contribution in [1.82, 2.24) is 0 Å². The minimum Gasteiger partial charge on any atom is -0.347 e. The van der Waals surface area contributed by atoms with Crippen LogP contribution in [0.3, 0.4) is 0 Å². The average Bonchev–Trinajstić information content (AvgIpc) is 2.34. The summed E-state index contributed by atoms with van der Waals surface area (Å²) in [5, 5.41) is 1.16. The topological polar surface area (TPSA) is 18.5 Å². The van der Waals surface area contributed by atoms with Crippen LogP contribution in [0.5, 0.6) is 0 Å². The van der Waals surface area contributed by atoms with E-state index in [2.05, 4.69) is 26.2 Å². The summed E-state index contributed by atoms with van der Waals surface area (Å²) in [5.41, 5.74) is 0. The first-order valence-corrected chi connectivity index (χ1v) is 7.44. The van der Waals surface area contributed by atoms with Crippen LogP contribution in [0.2, 0.25) is 19.6 Å². The normalized spacial score (nSPS) is 20.6. The molecule has 0 saturated carbocycles. The Bertz CT molecular complexity index is 154. The van der Waals surface area contributed by atoms with Crippen molar-refractivity contribution in [2.75, 3.05) is 13.2 Å². The average molecular weight is 172 g/mol. The van der Waals surface area contributed by atoms with E-state index in [1.54, 1.807) is 0 Å². The van der Waals surface area contributed by atoms with Gasteiger partial charge in [-0.05, 0) is 5.20 Å². The Hall–Kier alpha value is -0.123. The molecule has 0 aromatic rings. The van der Waals surface area contributed by atoms with Gasteiger partial charge < -0.3 is 9.47 Å². The molecule has 0 aliphatic carbocycles. The summed E-state index contributed by atoms with van der Waals surface area (Å²) in [6.45, 7) is 12.2. The maximum absolute atomic E-state index is 5.35. The van der Waals surface area contributed by atoms with Crippen LogP contribution in [0, 0.1) is 0 Å². The van der Waals surface area contributed by atoms with E-state index in [9.17, 15) is 0 Å². The maximum Gasteiger partial charge on any atom is 0.176 e. The minimum absolute atomic E-state index is 0.110. The summed E-state index contributed by atoms with van der Waals surface area (Å²) < 4.78 is 10.7. The van der Waals surface area contributed by atoms with E-state index in [-0.39, 0.29) is 6.29 Å². The van der Waals surface area contributed by atoms with Crippen molar-refractivity contribution in [3.8, 4) is 0 Å². The van der Waals surface area contributed by atoms with Gasteiger partial charge in [0.2, 0.25) is 0 Å². The summed E-state index contributed by atoms with van der Waals surface area (Å²) in [6.07, 6.45) is -0.110. The molecule has 1 saturated heterocycles. The number of ether oxygens (including phenoxy) is 2. The zero-order chi connectivity index (χ0) is 8.48. The molecule has 1 aliphatic heterocycles. The molecule has 0 unspecified atom stereocenters. The van der Waals surface area contributed by atoms with Crippen LogP contribution in [-0.4, -0.2) is 27.6 Å². The predicted molar refractivity (Wildman–Crippen MR) is 48.2 cm³/mol. The standard InChI is InChI=1S/C8H16O2Si/c1-7(11(2,3)4)8-9-5-6-10-8/h8H,1,5-6H2,2-4H3. The molecule has 0 radical (unpaired) electrons. The smallest absolute Gasteiger partial charge is 0.176 e. The number of hydrogen-bond acceptors (Lipinski definition) is 2. The first-order valence-electron chi connectivity index (χ1n) is 3.94. The van der Waals surface area contributed by atoms with Gasteiger partial charge in [-0.2, -0.15) is 0 Å². The number of hydrogen-bond donors (Lipinski definition) is 0. The van der Waals surface area contributed by atoms with Gasteiger partial charge >= 0.3 is 0 Å². The third-order valence-electron chi connectivity index (χ3n) is 1.87. The monoisotopic (exact) mass is 172 g/mol. The SMILES string of the molecule is C=C(C1OCCO1)[Si](C)(C)C. The second kappa shape index (κ2) is 3.09. The van der Waals surface area contributed by atoms with E-state index < -0.39 is 8.07 Å². The lowest BCUT2D eigenvalue weighted by Gasteiger charge is -2.23. The summed E-state index contributed by atoms with van der Waals surface area (Å²) in [6, 6.07) is 0. The largest absolute Gasteiger partial charge is 0.347 e. The Kier molecular flexibility index (Phi) is 2.52. The van der Waals surface area contributed by atoms with Crippen LogP contribution in [0.25, 0.3) is 0 Å². The van der Waals surface area contributed by atoms with Crippen molar-refractivity contribution >= 4 is 8.07 Å². The molecule has 11 heavy (non-hydrogen) atoms. The summed E-state index contributed by atoms with van der Waals surface area (Å²) in [5.74, 6) is 0. The predicted octanol–water partition coefficient (Wildman–Crippen LogP) is 1.79. The van der Waals surface area contributed by atoms with E-state index in [0.29, 0.717) is 13.2 Å². The van der Waals surface area contributed by atoms with Gasteiger partial charge in [0.1, 0.15) is 0 Å². The van der Waals surface area contributed by atoms with Gasteiger partial charge in [-0.25, -0.2) is 0 Å². The molecule has 64 valence electrons. The second-order valence-corrected chi connectivity index (χ2v) is 8.99. The Morgan fingerprint density at radius 1 is 1.27 bits per heavy atom. The zero-order valence-corrected chi connectivity index (χ0v) is 8.52. The van der Waals surface area contributed by atoms with Gasteiger partial charge in [0.05, 0.1) is 21.3 Å². The van der Waals surface area contributed by atoms with E-state index >= 15 is 0 Å². The van der Waals surface area contributed by atoms with Crippen LogP contribution < -0.4 is 0 Å². The zero-order valence-electron chi connectivity index (χ0n) is 7.52. The quantitative estimate of drug-likeness (QED) is 0.591. The first-order chi connectivity index (χ1) is 5.02. The van der Waals surface area contributed by atoms with Gasteiger partial charge in [-0.3, -0.25) is 0 Å². The lowest BCUT2D eigenvalue weighted by Crippen LogP contribution is -2.31. The van der Waals surface area contributed by atoms with Crippen molar-refractivity contribution in [1.29, 1.82) is 0 Å². The molecule has 0 spiro atoms. The van der Waals surface area contributed by atoms with Crippen molar-refractivity contribution in [3.05, 3.63) is 11.8 Å². The molecular weight excluding hydrogens is 156 g/mol. The fraction of sp³-hybridized carbons (Fsp3) is 0.750. The fourth-order valence-corrected chi connectivity index (χ4v) is 1.79. The maximum atomic E-state index is 5.35. The van der Waals surface area contributed by atoms with Crippen molar-refractivity contribution in [2.45, 2.75) is 25.9 Å². The van der Waals surface area contributed by atoms with Crippen LogP contribution in [0.4, 0.5) is 0 Å². The Morgan fingerprint density at radius 2 is 1.73 bits per heavy atom. The summed E-state index contributed by atoms with van der Waals surface area (Å²) in [7, 11) is -1.27. The van der Waals surface area contributed by atoms with Gasteiger partial charge in [0.25, 0.3) is 0 Å². The third-order valence-corrected chi connectivity index (χ3v) is 4.03. The van der Waals surface area contributed by atoms with Crippen LogP contribution >= 0.6 is 0 Å². The highest BCUT2D eigenvalue weighted by Gasteiger charge is 2.28. The molecule has 0 amide bonds. The molecule has 1 rings (SSSR count). The molecule has 0 N–H and O–H groups in total. The number of rotatable bonds is 2. The lowest BCUT2D eigenvalue weighted by molar-refractivity contribution is -0.00597. The molecule has 1 fully saturated rings. The molecule has 3 heteroatoms. The van der Waals surface area contributed by atoms with Gasteiger partial charge in [-0.1, -0.05) is 26.2 Å². The molecule has 0 atom stereocenters. The summed E-state index contributed by atoms with van der Waals surface area (Å²) >= 11 is 0. The van der Waals surface area contributed by atoms with E-state index in [1.165, 1.54) is 0 Å². The minimum atomic E-state index is -1.27. The highest BCUT2D eigenvalue weighted by molar-refractivity contribution is 6.83. The molecule has 0 aromatic heterocycles. The van der Waals surface area contributed by atoms with Gasteiger partial charge in [-0.15, -0.1) is 0 Å². The second-order valence-electron chi connectivity index (χ2n) is 3.85. The molecular formula is C8H16O2Si.